The second-order valence-corrected chi connectivity index (χ2v) is 7.88. The number of nitrogens with zero attached hydrogens (tertiary/aromatic N) is 4. The fraction of sp³-hybridized carbons (Fsp3) is 0.120. The van der Waals surface area contributed by atoms with Crippen LogP contribution in [0, 0.1) is 0 Å². The highest BCUT2D eigenvalue weighted by Crippen LogP contribution is 2.26. The van der Waals surface area contributed by atoms with Gasteiger partial charge >= 0.3 is 6.18 Å². The Morgan fingerprint density at radius 3 is 2.39 bits per heavy atom. The van der Waals surface area contributed by atoms with Gasteiger partial charge in [-0.05, 0) is 41.5 Å². The first-order valence-corrected chi connectivity index (χ1v) is 10.8. The predicted octanol–water partition coefficient (Wildman–Crippen LogP) is 4.82. The van der Waals surface area contributed by atoms with Crippen LogP contribution in [-0.2, 0) is 0 Å². The van der Waals surface area contributed by atoms with Gasteiger partial charge in [0.05, 0.1) is 31.0 Å². The van der Waals surface area contributed by atoms with Gasteiger partial charge < -0.3 is 15.0 Å². The molecule has 0 unspecified atom stereocenters. The fourth-order valence-electron chi connectivity index (χ4n) is 3.78. The summed E-state index contributed by atoms with van der Waals surface area (Å²) in [5.74, 6) is 0.400. The minimum atomic E-state index is -4.45. The third-order valence-electron chi connectivity index (χ3n) is 5.52. The molecule has 0 saturated carbocycles. The summed E-state index contributed by atoms with van der Waals surface area (Å²) < 4.78 is 44.7. The highest BCUT2D eigenvalue weighted by atomic mass is 19.4. The molecule has 8 nitrogen and oxygen atoms in total. The Balaban J connectivity index is 1.68. The van der Waals surface area contributed by atoms with E-state index < -0.39 is 12.7 Å². The number of alkyl halides is 3. The number of fused-ring (bicyclic) bond motifs is 1. The second-order valence-electron chi connectivity index (χ2n) is 7.88. The number of benzene rings is 2. The van der Waals surface area contributed by atoms with Crippen LogP contribution in [0.4, 0.5) is 19.1 Å². The zero-order valence-electron chi connectivity index (χ0n) is 18.9. The van der Waals surface area contributed by atoms with Crippen LogP contribution in [0.15, 0.2) is 78.1 Å². The largest absolute Gasteiger partial charge is 0.497 e. The molecule has 0 bridgehead atoms. The molecule has 0 amide bonds. The van der Waals surface area contributed by atoms with Crippen molar-refractivity contribution in [2.24, 2.45) is 0 Å². The molecule has 0 radical (unpaired) electrons. The van der Waals surface area contributed by atoms with Gasteiger partial charge in [-0.15, -0.1) is 0 Å². The molecule has 0 saturated heterocycles. The lowest BCUT2D eigenvalue weighted by Crippen LogP contribution is -2.24. The predicted molar refractivity (Wildman–Crippen MR) is 129 cm³/mol. The van der Waals surface area contributed by atoms with Crippen LogP contribution in [0.3, 0.4) is 0 Å². The average molecular weight is 492 g/mol. The first kappa shape index (κ1) is 23.1. The summed E-state index contributed by atoms with van der Waals surface area (Å²) in [4.78, 5) is 29.0. The molecule has 0 fully saturated rings. The first-order chi connectivity index (χ1) is 17.3. The highest BCUT2D eigenvalue weighted by Gasteiger charge is 2.27. The maximum atomic E-state index is 13.7. The van der Waals surface area contributed by atoms with E-state index in [0.29, 0.717) is 28.0 Å². The molecule has 0 spiro atoms. The van der Waals surface area contributed by atoms with Crippen molar-refractivity contribution in [3.63, 3.8) is 0 Å². The molecule has 3 heterocycles. The lowest BCUT2D eigenvalue weighted by molar-refractivity contribution is -0.115. The molecule has 5 rings (SSSR count). The third-order valence-corrected chi connectivity index (χ3v) is 5.52. The molecule has 5 aromatic rings. The summed E-state index contributed by atoms with van der Waals surface area (Å²) in [6.45, 7) is -1.30. The molecule has 2 aromatic carbocycles. The second kappa shape index (κ2) is 9.17. The first-order valence-electron chi connectivity index (χ1n) is 10.8. The van der Waals surface area contributed by atoms with Gasteiger partial charge in [-0.3, -0.25) is 9.36 Å². The van der Waals surface area contributed by atoms with Crippen LogP contribution in [-0.4, -0.2) is 44.3 Å². The van der Waals surface area contributed by atoms with Crippen LogP contribution in [0.25, 0.3) is 39.1 Å². The molecule has 0 aliphatic heterocycles. The number of rotatable bonds is 6. The van der Waals surface area contributed by atoms with Crippen LogP contribution in [0.1, 0.15) is 0 Å². The van der Waals surface area contributed by atoms with E-state index in [0.717, 1.165) is 11.3 Å². The number of nitrogens with one attached hydrogen (secondary N) is 2. The van der Waals surface area contributed by atoms with Crippen molar-refractivity contribution < 1.29 is 17.9 Å². The van der Waals surface area contributed by atoms with Gasteiger partial charge in [0.1, 0.15) is 12.3 Å². The molecule has 182 valence electrons. The molecular weight excluding hydrogens is 473 g/mol. The molecule has 2 N–H and O–H groups in total. The number of hydrogen-bond donors (Lipinski definition) is 2. The topological polar surface area (TPSA) is 97.7 Å². The number of halogens is 3. The van der Waals surface area contributed by atoms with E-state index in [-0.39, 0.29) is 17.2 Å². The van der Waals surface area contributed by atoms with Gasteiger partial charge in [0, 0.05) is 17.1 Å². The number of pyridine rings is 1. The van der Waals surface area contributed by atoms with Gasteiger partial charge in [0.25, 0.3) is 5.56 Å². The van der Waals surface area contributed by atoms with Crippen LogP contribution in [0.5, 0.6) is 5.75 Å². The number of aromatic amines is 1. The normalized spacial score (nSPS) is 11.6. The lowest BCUT2D eigenvalue weighted by Gasteiger charge is -2.15. The van der Waals surface area contributed by atoms with E-state index in [1.54, 1.807) is 62.1 Å². The van der Waals surface area contributed by atoms with Crippen molar-refractivity contribution in [1.29, 1.82) is 0 Å². The van der Waals surface area contributed by atoms with Crippen LogP contribution >= 0.6 is 0 Å². The van der Waals surface area contributed by atoms with E-state index in [2.05, 4.69) is 25.3 Å². The Morgan fingerprint density at radius 2 is 1.75 bits per heavy atom. The fourth-order valence-corrected chi connectivity index (χ4v) is 3.78. The number of methoxy groups -OCH3 is 1. The quantitative estimate of drug-likeness (QED) is 0.353. The Bertz CT molecular complexity index is 1560. The smallest absolute Gasteiger partial charge is 0.405 e. The third kappa shape index (κ3) is 4.63. The summed E-state index contributed by atoms with van der Waals surface area (Å²) >= 11 is 0. The lowest BCUT2D eigenvalue weighted by atomic mass is 10.1. The van der Waals surface area contributed by atoms with Crippen molar-refractivity contribution >= 4 is 17.0 Å². The Labute approximate surface area is 202 Å². The van der Waals surface area contributed by atoms with E-state index in [1.165, 1.54) is 10.8 Å². The van der Waals surface area contributed by atoms with Crippen molar-refractivity contribution in [3.05, 3.63) is 83.7 Å². The van der Waals surface area contributed by atoms with E-state index in [4.69, 9.17) is 4.74 Å². The molecule has 3 aromatic heterocycles. The number of ether oxygens (including phenoxy) is 1. The van der Waals surface area contributed by atoms with Crippen LogP contribution < -0.4 is 15.6 Å². The number of H-pyrrole nitrogens is 1. The average Bonchev–Trinajstić information content (AvgIpc) is 3.42. The molecule has 0 atom stereocenters. The number of hydrogen-bond acceptors (Lipinski definition) is 6. The number of aromatic nitrogens is 5. The van der Waals surface area contributed by atoms with Crippen LogP contribution in [0.2, 0.25) is 0 Å². The van der Waals surface area contributed by atoms with Crippen molar-refractivity contribution in [1.82, 2.24) is 24.5 Å². The summed E-state index contributed by atoms with van der Waals surface area (Å²) in [7, 11) is 1.55. The van der Waals surface area contributed by atoms with Gasteiger partial charge in [-0.1, -0.05) is 24.3 Å². The summed E-state index contributed by atoms with van der Waals surface area (Å²) in [6, 6.07) is 15.7. The Kier molecular flexibility index (Phi) is 5.88. The van der Waals surface area contributed by atoms with Gasteiger partial charge in [-0.2, -0.15) is 18.2 Å². The zero-order valence-corrected chi connectivity index (χ0v) is 18.9. The molecule has 0 aliphatic rings. The zero-order chi connectivity index (χ0) is 25.3. The molecule has 11 heteroatoms. The van der Waals surface area contributed by atoms with Gasteiger partial charge in [0.15, 0.2) is 5.65 Å². The molecule has 0 aliphatic carbocycles. The Morgan fingerprint density at radius 1 is 1.03 bits per heavy atom. The van der Waals surface area contributed by atoms with Crippen molar-refractivity contribution in [2.45, 2.75) is 6.18 Å². The van der Waals surface area contributed by atoms with Gasteiger partial charge in [0.2, 0.25) is 5.95 Å². The van der Waals surface area contributed by atoms with Crippen molar-refractivity contribution in [3.8, 4) is 33.8 Å². The number of anilines is 1. The SMILES string of the molecule is COc1ccc(-c2cc3cnc(NCC(F)(F)F)nc3n(-c3ccc(-c4cnc[nH]4)cc3)c2=O)cc1. The molecule has 36 heavy (non-hydrogen) atoms. The van der Waals surface area contributed by atoms with E-state index >= 15 is 0 Å². The minimum absolute atomic E-state index is 0.172. The highest BCUT2D eigenvalue weighted by molar-refractivity contribution is 5.83. The van der Waals surface area contributed by atoms with E-state index in [9.17, 15) is 18.0 Å². The summed E-state index contributed by atoms with van der Waals surface area (Å²) in [5, 5.41) is 2.66. The summed E-state index contributed by atoms with van der Waals surface area (Å²) in [6.07, 6.45) is 0.181. The van der Waals surface area contributed by atoms with Gasteiger partial charge in [-0.25, -0.2) is 9.97 Å². The van der Waals surface area contributed by atoms with E-state index in [1.807, 2.05) is 12.1 Å². The Hall–Kier alpha value is -4.67. The maximum Gasteiger partial charge on any atom is 0.405 e. The maximum absolute atomic E-state index is 13.7. The monoisotopic (exact) mass is 492 g/mol. The summed E-state index contributed by atoms with van der Waals surface area (Å²) in [5.41, 5.74) is 2.94. The minimum Gasteiger partial charge on any atom is -0.497 e. The number of imidazole rings is 1. The molecular formula is C25H19F3N6O2. The van der Waals surface area contributed by atoms with Crippen molar-refractivity contribution in [2.75, 3.05) is 19.0 Å². The standard InChI is InChI=1S/C25H19F3N6O2/c1-36-19-8-4-15(5-9-19)20-10-17-11-30-24(31-13-25(26,27)28)33-22(17)34(23(20)35)18-6-2-16(3-7-18)21-12-29-14-32-21/h2-12,14H,13H2,1H3,(H,29,32)(H,30,31,33).